The molecule has 4 aromatic rings. The molecule has 8 heteroatoms. The molecule has 0 fully saturated rings. The van der Waals surface area contributed by atoms with Crippen molar-refractivity contribution in [3.05, 3.63) is 106 Å². The Morgan fingerprint density at radius 2 is 1.76 bits per heavy atom. The Morgan fingerprint density at radius 3 is 2.48 bits per heavy atom. The fourth-order valence-corrected chi connectivity index (χ4v) is 4.35. The lowest BCUT2D eigenvalue weighted by atomic mass is 9.94. The number of halogens is 2. The summed E-state index contributed by atoms with van der Waals surface area (Å²) in [6.07, 6.45) is 0. The number of ketones is 1. The molecule has 1 aliphatic heterocycles. The molecule has 0 saturated heterocycles. The Hall–Kier alpha value is -3.91. The van der Waals surface area contributed by atoms with Gasteiger partial charge >= 0.3 is 0 Å². The number of anilines is 1. The molecule has 1 amide bonds. The number of hydrogen-bond acceptors (Lipinski definition) is 5. The van der Waals surface area contributed by atoms with E-state index in [1.807, 2.05) is 0 Å². The van der Waals surface area contributed by atoms with E-state index >= 15 is 0 Å². The molecule has 164 valence electrons. The van der Waals surface area contributed by atoms with Gasteiger partial charge in [0.25, 0.3) is 5.91 Å². The molecule has 2 heterocycles. The van der Waals surface area contributed by atoms with Crippen molar-refractivity contribution in [3.63, 3.8) is 0 Å². The van der Waals surface area contributed by atoms with Gasteiger partial charge in [-0.15, -0.1) is 0 Å². The third-order valence-electron chi connectivity index (χ3n) is 5.45. The zero-order valence-corrected chi connectivity index (χ0v) is 18.4. The second-order valence-electron chi connectivity index (χ2n) is 7.53. The highest BCUT2D eigenvalue weighted by molar-refractivity contribution is 9.10. The lowest BCUT2D eigenvalue weighted by Gasteiger charge is -2.26. The molecule has 0 bridgehead atoms. The van der Waals surface area contributed by atoms with Gasteiger partial charge in [0.2, 0.25) is 5.78 Å². The first-order chi connectivity index (χ1) is 15.8. The first-order valence-corrected chi connectivity index (χ1v) is 10.7. The molecule has 0 saturated carbocycles. The number of hydrogen-bond donors (Lipinski definition) is 2. The Bertz CT molecular complexity index is 1460. The van der Waals surface area contributed by atoms with E-state index in [1.165, 1.54) is 47.4 Å². The maximum absolute atomic E-state index is 13.5. The van der Waals surface area contributed by atoms with Gasteiger partial charge in [0.05, 0.1) is 11.6 Å². The predicted octanol–water partition coefficient (Wildman–Crippen LogP) is 5.82. The highest BCUT2D eigenvalue weighted by atomic mass is 79.9. The van der Waals surface area contributed by atoms with Crippen LogP contribution in [0.3, 0.4) is 0 Å². The van der Waals surface area contributed by atoms with Crippen LogP contribution in [0.1, 0.15) is 22.2 Å². The summed E-state index contributed by atoms with van der Waals surface area (Å²) in [4.78, 5) is 27.8. The third kappa shape index (κ3) is 3.58. The van der Waals surface area contributed by atoms with Gasteiger partial charge in [0.1, 0.15) is 17.1 Å². The van der Waals surface area contributed by atoms with Crippen LogP contribution in [0.4, 0.5) is 10.1 Å². The Labute approximate surface area is 195 Å². The van der Waals surface area contributed by atoms with Gasteiger partial charge in [-0.25, -0.2) is 4.39 Å². The molecule has 1 aliphatic rings. The summed E-state index contributed by atoms with van der Waals surface area (Å²) in [5.41, 5.74) is 0.930. The van der Waals surface area contributed by atoms with Crippen LogP contribution in [-0.4, -0.2) is 21.9 Å². The van der Waals surface area contributed by atoms with E-state index in [0.717, 1.165) is 4.47 Å². The van der Waals surface area contributed by atoms with Gasteiger partial charge in [-0.2, -0.15) is 0 Å². The van der Waals surface area contributed by atoms with E-state index < -0.39 is 29.3 Å². The van der Waals surface area contributed by atoms with Crippen LogP contribution in [0.5, 0.6) is 5.75 Å². The first-order valence-electron chi connectivity index (χ1n) is 9.88. The fourth-order valence-electron chi connectivity index (χ4n) is 3.97. The number of phenolic OH excluding ortho intramolecular Hbond substituents is 1. The molecule has 0 spiro atoms. The summed E-state index contributed by atoms with van der Waals surface area (Å²) < 4.78 is 20.0. The van der Waals surface area contributed by atoms with Crippen LogP contribution in [0, 0.1) is 5.82 Å². The van der Waals surface area contributed by atoms with E-state index in [-0.39, 0.29) is 22.8 Å². The van der Waals surface area contributed by atoms with Gasteiger partial charge in [-0.1, -0.05) is 28.1 Å². The largest absolute Gasteiger partial charge is 0.508 e. The van der Waals surface area contributed by atoms with Crippen molar-refractivity contribution >= 4 is 44.3 Å². The molecular formula is C25H15BrFNO5. The molecule has 5 rings (SSSR count). The van der Waals surface area contributed by atoms with Crippen molar-refractivity contribution in [2.75, 3.05) is 4.90 Å². The molecule has 1 atom stereocenters. The van der Waals surface area contributed by atoms with Crippen LogP contribution in [0.25, 0.3) is 11.0 Å². The smallest absolute Gasteiger partial charge is 0.294 e. The molecule has 1 unspecified atom stereocenters. The molecule has 0 aliphatic carbocycles. The Kier molecular flexibility index (Phi) is 5.02. The van der Waals surface area contributed by atoms with E-state index in [1.54, 1.807) is 30.3 Å². The number of carbonyl (C=O) groups excluding carboxylic acids is 2. The minimum atomic E-state index is -1.07. The minimum absolute atomic E-state index is 0.0523. The average molecular weight is 508 g/mol. The number of benzene rings is 3. The Balaban J connectivity index is 1.66. The number of nitrogens with zero attached hydrogens (tertiary/aromatic N) is 1. The number of carbonyl (C=O) groups is 2. The number of Topliss-reactive ketones (excluding diaryl/α,β-unsaturated/α-hetero) is 1. The normalized spacial score (nSPS) is 16.1. The van der Waals surface area contributed by atoms with E-state index in [4.69, 9.17) is 4.42 Å². The molecular weight excluding hydrogens is 493 g/mol. The monoisotopic (exact) mass is 507 g/mol. The van der Waals surface area contributed by atoms with Gasteiger partial charge in [-0.05, 0) is 66.2 Å². The summed E-state index contributed by atoms with van der Waals surface area (Å²) in [6, 6.07) is 16.8. The SMILES string of the molecule is O=C(C1=C(O)C(=O)N(c2ccc(F)cc2)C1c1cccc(O)c1)c1cc2cc(Br)ccc2o1. The van der Waals surface area contributed by atoms with Gasteiger partial charge in [0, 0.05) is 15.5 Å². The van der Waals surface area contributed by atoms with Gasteiger partial charge < -0.3 is 14.6 Å². The third-order valence-corrected chi connectivity index (χ3v) is 5.94. The van der Waals surface area contributed by atoms with Crippen molar-refractivity contribution in [1.29, 1.82) is 0 Å². The topological polar surface area (TPSA) is 91.0 Å². The predicted molar refractivity (Wildman–Crippen MR) is 123 cm³/mol. The van der Waals surface area contributed by atoms with Crippen LogP contribution in [0.15, 0.2) is 93.0 Å². The van der Waals surface area contributed by atoms with Crippen molar-refractivity contribution in [1.82, 2.24) is 0 Å². The molecule has 1 aromatic heterocycles. The van der Waals surface area contributed by atoms with E-state index in [0.29, 0.717) is 16.5 Å². The number of aliphatic hydroxyl groups excluding tert-OH is 1. The summed E-state index contributed by atoms with van der Waals surface area (Å²) in [5, 5.41) is 21.5. The van der Waals surface area contributed by atoms with Crippen LogP contribution in [0.2, 0.25) is 0 Å². The van der Waals surface area contributed by atoms with Crippen molar-refractivity contribution in [2.24, 2.45) is 0 Å². The Morgan fingerprint density at radius 1 is 1.00 bits per heavy atom. The maximum atomic E-state index is 13.5. The highest BCUT2D eigenvalue weighted by Gasteiger charge is 2.45. The quantitative estimate of drug-likeness (QED) is 0.339. The number of rotatable bonds is 4. The van der Waals surface area contributed by atoms with Crippen LogP contribution < -0.4 is 4.90 Å². The summed E-state index contributed by atoms with van der Waals surface area (Å²) >= 11 is 3.37. The standard InChI is InChI=1S/C25H15BrFNO5/c26-15-4-9-19-14(10-15)12-20(33-19)23(30)21-22(13-2-1-3-18(29)11-13)28(25(32)24(21)31)17-7-5-16(27)6-8-17/h1-12,22,29,31H. The number of furan rings is 1. The highest BCUT2D eigenvalue weighted by Crippen LogP contribution is 2.43. The van der Waals surface area contributed by atoms with E-state index in [9.17, 15) is 24.2 Å². The number of phenols is 1. The summed E-state index contributed by atoms with van der Waals surface area (Å²) in [5.74, 6) is -2.86. The van der Waals surface area contributed by atoms with Gasteiger partial charge in [0.15, 0.2) is 11.5 Å². The lowest BCUT2D eigenvalue weighted by molar-refractivity contribution is -0.117. The van der Waals surface area contributed by atoms with Crippen molar-refractivity contribution < 1.29 is 28.6 Å². The summed E-state index contributed by atoms with van der Waals surface area (Å²) in [6.45, 7) is 0. The number of aromatic hydroxyl groups is 1. The average Bonchev–Trinajstić information content (AvgIpc) is 3.33. The zero-order valence-electron chi connectivity index (χ0n) is 16.8. The van der Waals surface area contributed by atoms with Crippen molar-refractivity contribution in [3.8, 4) is 5.75 Å². The second-order valence-corrected chi connectivity index (χ2v) is 8.45. The van der Waals surface area contributed by atoms with Crippen molar-refractivity contribution in [2.45, 2.75) is 6.04 Å². The molecule has 33 heavy (non-hydrogen) atoms. The van der Waals surface area contributed by atoms with Crippen LogP contribution in [-0.2, 0) is 4.79 Å². The fraction of sp³-hybridized carbons (Fsp3) is 0.0400. The molecule has 2 N–H and O–H groups in total. The molecule has 6 nitrogen and oxygen atoms in total. The first kappa shape index (κ1) is 21.0. The second kappa shape index (κ2) is 7.90. The number of fused-ring (bicyclic) bond motifs is 1. The zero-order chi connectivity index (χ0) is 23.3. The number of aliphatic hydroxyl groups is 1. The minimum Gasteiger partial charge on any atom is -0.508 e. The summed E-state index contributed by atoms with van der Waals surface area (Å²) in [7, 11) is 0. The lowest BCUT2D eigenvalue weighted by Crippen LogP contribution is -2.31. The number of amides is 1. The molecule has 3 aromatic carbocycles. The van der Waals surface area contributed by atoms with Crippen LogP contribution >= 0.6 is 15.9 Å². The van der Waals surface area contributed by atoms with Gasteiger partial charge in [-0.3, -0.25) is 14.5 Å². The maximum Gasteiger partial charge on any atom is 0.294 e. The molecule has 0 radical (unpaired) electrons. The van der Waals surface area contributed by atoms with E-state index in [2.05, 4.69) is 15.9 Å².